The van der Waals surface area contributed by atoms with E-state index in [-0.39, 0.29) is 6.04 Å². The van der Waals surface area contributed by atoms with Crippen LogP contribution in [0.2, 0.25) is 5.15 Å². The van der Waals surface area contributed by atoms with Gasteiger partial charge in [-0.1, -0.05) is 21.9 Å². The molecule has 3 rings (SSSR count). The van der Waals surface area contributed by atoms with Gasteiger partial charge in [0.15, 0.2) is 0 Å². The zero-order valence-electron chi connectivity index (χ0n) is 13.4. The van der Waals surface area contributed by atoms with Crippen LogP contribution in [0.25, 0.3) is 11.4 Å². The molecule has 122 valence electrons. The molecule has 0 saturated carbocycles. The second kappa shape index (κ2) is 6.17. The minimum atomic E-state index is 0.0805. The van der Waals surface area contributed by atoms with Crippen molar-refractivity contribution in [3.63, 3.8) is 0 Å². The molecule has 7 nitrogen and oxygen atoms in total. The minimum Gasteiger partial charge on any atom is -0.364 e. The van der Waals surface area contributed by atoms with Gasteiger partial charge in [-0.05, 0) is 20.9 Å². The molecule has 3 heterocycles. The van der Waals surface area contributed by atoms with Gasteiger partial charge in [-0.2, -0.15) is 5.10 Å². The van der Waals surface area contributed by atoms with Gasteiger partial charge >= 0.3 is 0 Å². The van der Waals surface area contributed by atoms with Gasteiger partial charge in [-0.3, -0.25) is 9.58 Å². The Balaban J connectivity index is 1.90. The van der Waals surface area contributed by atoms with E-state index >= 15 is 0 Å². The molecule has 0 fully saturated rings. The molecular formula is C15H18ClN5O2. The van der Waals surface area contributed by atoms with Crippen molar-refractivity contribution in [2.45, 2.75) is 26.4 Å². The summed E-state index contributed by atoms with van der Waals surface area (Å²) in [5.74, 6) is 0.733. The van der Waals surface area contributed by atoms with E-state index < -0.39 is 0 Å². The van der Waals surface area contributed by atoms with Crippen molar-refractivity contribution in [2.75, 3.05) is 7.05 Å². The molecule has 0 radical (unpaired) electrons. The molecule has 0 N–H and O–H groups in total. The van der Waals surface area contributed by atoms with Gasteiger partial charge in [0.25, 0.3) is 0 Å². The van der Waals surface area contributed by atoms with Crippen LogP contribution in [-0.2, 0) is 13.6 Å². The summed E-state index contributed by atoms with van der Waals surface area (Å²) in [6.07, 6.45) is 1.57. The second-order valence-electron chi connectivity index (χ2n) is 5.58. The molecule has 0 aromatic carbocycles. The van der Waals surface area contributed by atoms with Crippen LogP contribution in [0.15, 0.2) is 27.4 Å². The van der Waals surface area contributed by atoms with Crippen molar-refractivity contribution >= 4 is 11.6 Å². The highest BCUT2D eigenvalue weighted by atomic mass is 35.5. The Hall–Kier alpha value is -2.12. The average Bonchev–Trinajstić information content (AvgIpc) is 3.24. The third-order valence-electron chi connectivity index (χ3n) is 3.89. The highest BCUT2D eigenvalue weighted by molar-refractivity contribution is 6.30. The van der Waals surface area contributed by atoms with Crippen molar-refractivity contribution in [3.05, 3.63) is 40.6 Å². The van der Waals surface area contributed by atoms with Crippen LogP contribution in [0, 0.1) is 6.92 Å². The Morgan fingerprint density at radius 1 is 1.39 bits per heavy atom. The molecule has 0 aliphatic heterocycles. The smallest absolute Gasteiger partial charge is 0.134 e. The molecule has 1 unspecified atom stereocenters. The first kappa shape index (κ1) is 15.8. The standard InChI is InChI=1S/C15H18ClN5O2/c1-9-7-13(19-23-9)14-11(15(16)21(4)17-14)8-20(3)10(2)12-5-6-22-18-12/h5-7,10H,8H2,1-4H3. The van der Waals surface area contributed by atoms with Crippen LogP contribution in [0.3, 0.4) is 0 Å². The number of rotatable bonds is 5. The Morgan fingerprint density at radius 2 is 2.17 bits per heavy atom. The third-order valence-corrected chi connectivity index (χ3v) is 4.37. The van der Waals surface area contributed by atoms with Gasteiger partial charge in [0.1, 0.15) is 34.3 Å². The van der Waals surface area contributed by atoms with E-state index in [9.17, 15) is 0 Å². The summed E-state index contributed by atoms with van der Waals surface area (Å²) in [6.45, 7) is 4.50. The molecule has 3 aromatic heterocycles. The van der Waals surface area contributed by atoms with Crippen LogP contribution in [0.1, 0.15) is 30.0 Å². The molecule has 0 aliphatic carbocycles. The molecule has 0 bridgehead atoms. The SMILES string of the molecule is Cc1cc(-c2nn(C)c(Cl)c2CN(C)C(C)c2ccon2)no1. The van der Waals surface area contributed by atoms with Gasteiger partial charge in [0, 0.05) is 31.3 Å². The monoisotopic (exact) mass is 335 g/mol. The molecule has 0 spiro atoms. The van der Waals surface area contributed by atoms with E-state index in [4.69, 9.17) is 20.6 Å². The summed E-state index contributed by atoms with van der Waals surface area (Å²) in [5, 5.41) is 13.1. The number of nitrogens with zero attached hydrogens (tertiary/aromatic N) is 5. The second-order valence-corrected chi connectivity index (χ2v) is 5.94. The summed E-state index contributed by atoms with van der Waals surface area (Å²) in [6, 6.07) is 3.79. The van der Waals surface area contributed by atoms with E-state index in [2.05, 4.69) is 27.2 Å². The topological polar surface area (TPSA) is 73.1 Å². The maximum absolute atomic E-state index is 6.43. The van der Waals surface area contributed by atoms with Gasteiger partial charge < -0.3 is 9.05 Å². The summed E-state index contributed by atoms with van der Waals surface area (Å²) in [4.78, 5) is 2.12. The Morgan fingerprint density at radius 3 is 2.78 bits per heavy atom. The fraction of sp³-hybridized carbons (Fsp3) is 0.400. The van der Waals surface area contributed by atoms with Crippen molar-refractivity contribution in [2.24, 2.45) is 7.05 Å². The van der Waals surface area contributed by atoms with Gasteiger partial charge in [0.05, 0.1) is 6.04 Å². The average molecular weight is 336 g/mol. The molecule has 3 aromatic rings. The van der Waals surface area contributed by atoms with Gasteiger partial charge in [0.2, 0.25) is 0 Å². The van der Waals surface area contributed by atoms with Crippen LogP contribution in [0.4, 0.5) is 0 Å². The zero-order chi connectivity index (χ0) is 16.6. The maximum atomic E-state index is 6.43. The van der Waals surface area contributed by atoms with E-state index in [1.165, 1.54) is 0 Å². The highest BCUT2D eigenvalue weighted by Crippen LogP contribution is 2.30. The molecule has 0 saturated heterocycles. The predicted octanol–water partition coefficient (Wildman–Crippen LogP) is 3.22. The number of aryl methyl sites for hydroxylation is 2. The summed E-state index contributed by atoms with van der Waals surface area (Å²) in [7, 11) is 3.81. The van der Waals surface area contributed by atoms with E-state index in [0.29, 0.717) is 17.4 Å². The highest BCUT2D eigenvalue weighted by Gasteiger charge is 2.23. The minimum absolute atomic E-state index is 0.0805. The van der Waals surface area contributed by atoms with Crippen LogP contribution in [0.5, 0.6) is 0 Å². The van der Waals surface area contributed by atoms with Crippen LogP contribution >= 0.6 is 11.6 Å². The molecule has 0 aliphatic rings. The Labute approximate surface area is 138 Å². The van der Waals surface area contributed by atoms with Gasteiger partial charge in [-0.25, -0.2) is 0 Å². The lowest BCUT2D eigenvalue weighted by Crippen LogP contribution is -2.22. The molecule has 1 atom stereocenters. The van der Waals surface area contributed by atoms with E-state index in [0.717, 1.165) is 22.7 Å². The first-order valence-corrected chi connectivity index (χ1v) is 7.60. The van der Waals surface area contributed by atoms with Crippen molar-refractivity contribution in [3.8, 4) is 11.4 Å². The van der Waals surface area contributed by atoms with E-state index in [1.807, 2.05) is 33.2 Å². The Kier molecular flexibility index (Phi) is 4.23. The lowest BCUT2D eigenvalue weighted by molar-refractivity contribution is 0.241. The maximum Gasteiger partial charge on any atom is 0.134 e. The summed E-state index contributed by atoms with van der Waals surface area (Å²) < 4.78 is 11.7. The van der Waals surface area contributed by atoms with Crippen molar-refractivity contribution in [1.82, 2.24) is 25.0 Å². The molecule has 8 heteroatoms. The lowest BCUT2D eigenvalue weighted by Gasteiger charge is -2.22. The largest absolute Gasteiger partial charge is 0.364 e. The molecule has 0 amide bonds. The molecule has 23 heavy (non-hydrogen) atoms. The molecular weight excluding hydrogens is 318 g/mol. The number of hydrogen-bond donors (Lipinski definition) is 0. The lowest BCUT2D eigenvalue weighted by atomic mass is 10.1. The quantitative estimate of drug-likeness (QED) is 0.712. The van der Waals surface area contributed by atoms with Gasteiger partial charge in [-0.15, -0.1) is 0 Å². The van der Waals surface area contributed by atoms with Crippen molar-refractivity contribution in [1.29, 1.82) is 0 Å². The fourth-order valence-electron chi connectivity index (χ4n) is 2.42. The predicted molar refractivity (Wildman–Crippen MR) is 84.8 cm³/mol. The first-order valence-electron chi connectivity index (χ1n) is 7.23. The zero-order valence-corrected chi connectivity index (χ0v) is 14.2. The number of hydrogen-bond acceptors (Lipinski definition) is 6. The fourth-order valence-corrected chi connectivity index (χ4v) is 2.61. The summed E-state index contributed by atoms with van der Waals surface area (Å²) >= 11 is 6.43. The number of halogens is 1. The van der Waals surface area contributed by atoms with E-state index in [1.54, 1.807) is 10.9 Å². The Bertz CT molecular complexity index is 793. The van der Waals surface area contributed by atoms with Crippen molar-refractivity contribution < 1.29 is 9.05 Å². The number of aromatic nitrogens is 4. The van der Waals surface area contributed by atoms with Crippen LogP contribution < -0.4 is 0 Å². The third kappa shape index (κ3) is 3.02. The first-order chi connectivity index (χ1) is 11.0. The summed E-state index contributed by atoms with van der Waals surface area (Å²) in [5.41, 5.74) is 3.18. The normalized spacial score (nSPS) is 13.0. The van der Waals surface area contributed by atoms with Crippen LogP contribution in [-0.4, -0.2) is 32.0 Å².